The lowest BCUT2D eigenvalue weighted by Gasteiger charge is -2.32. The van der Waals surface area contributed by atoms with Crippen molar-refractivity contribution in [2.45, 2.75) is 25.9 Å². The number of nitrogens with one attached hydrogen (secondary N) is 1. The van der Waals surface area contributed by atoms with Crippen molar-refractivity contribution in [2.24, 2.45) is 5.41 Å². The fourth-order valence-electron chi connectivity index (χ4n) is 2.63. The minimum atomic E-state index is 0.209. The molecule has 2 atom stereocenters. The molecule has 2 unspecified atom stereocenters. The zero-order chi connectivity index (χ0) is 13.7. The molecule has 5 heteroatoms. The summed E-state index contributed by atoms with van der Waals surface area (Å²) >= 11 is 5.47. The second-order valence-corrected chi connectivity index (χ2v) is 7.02. The normalized spacial score (nSPS) is 27.0. The van der Waals surface area contributed by atoms with E-state index in [2.05, 4.69) is 39.6 Å². The van der Waals surface area contributed by atoms with Crippen molar-refractivity contribution >= 4 is 27.3 Å². The van der Waals surface area contributed by atoms with Crippen LogP contribution in [-0.4, -0.2) is 39.5 Å². The van der Waals surface area contributed by atoms with E-state index in [9.17, 15) is 0 Å². The molecule has 0 aromatic carbocycles. The standard InChI is InChI=1S/C14H22BrNO2S/c1-11-14(4-6-18-11,10-16-5-7-17-2)9-13-12(15)3-8-19-13/h3,8,11,16H,4-7,9-10H2,1-2H3. The van der Waals surface area contributed by atoms with E-state index >= 15 is 0 Å². The quantitative estimate of drug-likeness (QED) is 0.768. The molecule has 1 aliphatic heterocycles. The number of hydrogen-bond acceptors (Lipinski definition) is 4. The van der Waals surface area contributed by atoms with Crippen molar-refractivity contribution in [3.63, 3.8) is 0 Å². The fraction of sp³-hybridized carbons (Fsp3) is 0.714. The van der Waals surface area contributed by atoms with Gasteiger partial charge in [0, 0.05) is 41.6 Å². The van der Waals surface area contributed by atoms with Gasteiger partial charge in [0.25, 0.3) is 0 Å². The average Bonchev–Trinajstić information content (AvgIpc) is 2.94. The van der Waals surface area contributed by atoms with Gasteiger partial charge in [-0.1, -0.05) is 0 Å². The molecule has 0 amide bonds. The fourth-order valence-corrected chi connectivity index (χ4v) is 4.28. The minimum absolute atomic E-state index is 0.209. The number of ether oxygens (including phenoxy) is 2. The first kappa shape index (κ1) is 15.4. The van der Waals surface area contributed by atoms with Crippen LogP contribution in [0.15, 0.2) is 15.9 Å². The summed E-state index contributed by atoms with van der Waals surface area (Å²) in [6, 6.07) is 2.13. The first-order valence-electron chi connectivity index (χ1n) is 6.71. The van der Waals surface area contributed by atoms with Crippen LogP contribution in [0.4, 0.5) is 0 Å². The Balaban J connectivity index is 2.01. The van der Waals surface area contributed by atoms with Crippen LogP contribution < -0.4 is 5.32 Å². The summed E-state index contributed by atoms with van der Waals surface area (Å²) in [5, 5.41) is 5.66. The van der Waals surface area contributed by atoms with Crippen molar-refractivity contribution in [2.75, 3.05) is 33.4 Å². The molecule has 1 aromatic heterocycles. The lowest BCUT2D eigenvalue weighted by molar-refractivity contribution is 0.0623. The smallest absolute Gasteiger partial charge is 0.0619 e. The summed E-state index contributed by atoms with van der Waals surface area (Å²) in [4.78, 5) is 1.42. The van der Waals surface area contributed by atoms with E-state index in [0.29, 0.717) is 6.10 Å². The first-order chi connectivity index (χ1) is 9.18. The molecule has 0 spiro atoms. The predicted molar refractivity (Wildman–Crippen MR) is 82.9 cm³/mol. The number of methoxy groups -OCH3 is 1. The zero-order valence-corrected chi connectivity index (χ0v) is 14.0. The Morgan fingerprint density at radius 1 is 1.63 bits per heavy atom. The van der Waals surface area contributed by atoms with Gasteiger partial charge in [0.1, 0.15) is 0 Å². The van der Waals surface area contributed by atoms with Crippen molar-refractivity contribution in [3.8, 4) is 0 Å². The van der Waals surface area contributed by atoms with Crippen LogP contribution in [0.3, 0.4) is 0 Å². The summed E-state index contributed by atoms with van der Waals surface area (Å²) < 4.78 is 12.2. The van der Waals surface area contributed by atoms with Crippen LogP contribution in [0, 0.1) is 5.41 Å². The highest BCUT2D eigenvalue weighted by Gasteiger charge is 2.41. The van der Waals surface area contributed by atoms with E-state index in [-0.39, 0.29) is 5.41 Å². The van der Waals surface area contributed by atoms with Crippen molar-refractivity contribution in [1.82, 2.24) is 5.32 Å². The second-order valence-electron chi connectivity index (χ2n) is 5.16. The molecule has 1 fully saturated rings. The number of hydrogen-bond donors (Lipinski definition) is 1. The Morgan fingerprint density at radius 3 is 3.05 bits per heavy atom. The van der Waals surface area contributed by atoms with Gasteiger partial charge in [-0.05, 0) is 47.1 Å². The van der Waals surface area contributed by atoms with Gasteiger partial charge in [0.2, 0.25) is 0 Å². The van der Waals surface area contributed by atoms with Crippen molar-refractivity contribution in [1.29, 1.82) is 0 Å². The average molecular weight is 348 g/mol. The third-order valence-corrected chi connectivity index (χ3v) is 5.92. The van der Waals surface area contributed by atoms with Gasteiger partial charge >= 0.3 is 0 Å². The van der Waals surface area contributed by atoms with Gasteiger partial charge in [-0.15, -0.1) is 11.3 Å². The molecule has 0 aliphatic carbocycles. The van der Waals surface area contributed by atoms with E-state index in [1.54, 1.807) is 7.11 Å². The van der Waals surface area contributed by atoms with Crippen LogP contribution in [0.5, 0.6) is 0 Å². The Hall–Kier alpha value is 0.0600. The zero-order valence-electron chi connectivity index (χ0n) is 11.6. The summed E-state index contributed by atoms with van der Waals surface area (Å²) in [6.07, 6.45) is 2.50. The van der Waals surface area contributed by atoms with Crippen LogP contribution in [0.1, 0.15) is 18.2 Å². The maximum Gasteiger partial charge on any atom is 0.0619 e. The summed E-state index contributed by atoms with van der Waals surface area (Å²) in [6.45, 7) is 5.72. The summed E-state index contributed by atoms with van der Waals surface area (Å²) in [5.74, 6) is 0. The van der Waals surface area contributed by atoms with Gasteiger partial charge in [0.15, 0.2) is 0 Å². The van der Waals surface area contributed by atoms with Gasteiger partial charge in [-0.3, -0.25) is 0 Å². The molecular formula is C14H22BrNO2S. The monoisotopic (exact) mass is 347 g/mol. The molecule has 2 rings (SSSR count). The van der Waals surface area contributed by atoms with Gasteiger partial charge in [-0.2, -0.15) is 0 Å². The number of rotatable bonds is 7. The molecule has 3 nitrogen and oxygen atoms in total. The molecule has 0 saturated carbocycles. The van der Waals surface area contributed by atoms with Crippen molar-refractivity contribution < 1.29 is 9.47 Å². The molecule has 2 heterocycles. The van der Waals surface area contributed by atoms with Crippen LogP contribution in [0.2, 0.25) is 0 Å². The molecule has 1 N–H and O–H groups in total. The second kappa shape index (κ2) is 7.18. The van der Waals surface area contributed by atoms with E-state index < -0.39 is 0 Å². The lowest BCUT2D eigenvalue weighted by atomic mass is 9.78. The van der Waals surface area contributed by atoms with E-state index in [0.717, 1.165) is 39.1 Å². The highest BCUT2D eigenvalue weighted by Crippen LogP contribution is 2.40. The highest BCUT2D eigenvalue weighted by atomic mass is 79.9. The molecule has 0 bridgehead atoms. The van der Waals surface area contributed by atoms with Crippen LogP contribution >= 0.6 is 27.3 Å². The maximum atomic E-state index is 5.83. The molecule has 1 aliphatic rings. The van der Waals surface area contributed by atoms with Gasteiger partial charge in [-0.25, -0.2) is 0 Å². The number of halogens is 1. The summed E-state index contributed by atoms with van der Waals surface area (Å²) in [7, 11) is 1.74. The van der Waals surface area contributed by atoms with Gasteiger partial charge < -0.3 is 14.8 Å². The molecule has 1 aromatic rings. The Morgan fingerprint density at radius 2 is 2.47 bits per heavy atom. The predicted octanol–water partition coefficient (Wildman–Crippen LogP) is 3.08. The SMILES string of the molecule is COCCNCC1(Cc2sccc2Br)CCOC1C. The summed E-state index contributed by atoms with van der Waals surface area (Å²) in [5.41, 5.74) is 0.209. The first-order valence-corrected chi connectivity index (χ1v) is 8.38. The third kappa shape index (κ3) is 3.79. The Bertz CT molecular complexity index is 399. The number of thiophene rings is 1. The third-order valence-electron chi connectivity index (χ3n) is 3.99. The van der Waals surface area contributed by atoms with Gasteiger partial charge in [0.05, 0.1) is 12.7 Å². The van der Waals surface area contributed by atoms with Crippen LogP contribution in [0.25, 0.3) is 0 Å². The Kier molecular flexibility index (Phi) is 5.84. The lowest BCUT2D eigenvalue weighted by Crippen LogP contribution is -2.42. The molecule has 108 valence electrons. The Labute approximate surface area is 127 Å². The molecular weight excluding hydrogens is 326 g/mol. The van der Waals surface area contributed by atoms with E-state index in [1.165, 1.54) is 9.35 Å². The van der Waals surface area contributed by atoms with Crippen LogP contribution in [-0.2, 0) is 15.9 Å². The van der Waals surface area contributed by atoms with E-state index in [4.69, 9.17) is 9.47 Å². The van der Waals surface area contributed by atoms with E-state index in [1.807, 2.05) is 11.3 Å². The largest absolute Gasteiger partial charge is 0.383 e. The minimum Gasteiger partial charge on any atom is -0.383 e. The molecule has 19 heavy (non-hydrogen) atoms. The molecule has 0 radical (unpaired) electrons. The topological polar surface area (TPSA) is 30.5 Å². The highest BCUT2D eigenvalue weighted by molar-refractivity contribution is 9.10. The maximum absolute atomic E-state index is 5.83. The van der Waals surface area contributed by atoms with Crippen molar-refractivity contribution in [3.05, 3.63) is 20.8 Å². The molecule has 1 saturated heterocycles.